The Kier molecular flexibility index (Phi) is 6.90. The Morgan fingerprint density at radius 3 is 2.61 bits per heavy atom. The molecule has 0 bridgehead atoms. The molecule has 4 N–H and O–H groups in total. The monoisotopic (exact) mass is 441 g/mol. The zero-order valence-corrected chi connectivity index (χ0v) is 18.5. The van der Waals surface area contributed by atoms with Crippen LogP contribution in [0.25, 0.3) is 16.7 Å². The van der Waals surface area contributed by atoms with Crippen molar-refractivity contribution in [2.75, 3.05) is 11.9 Å². The number of anilines is 1. The lowest BCUT2D eigenvalue weighted by molar-refractivity contribution is -0.118. The Labute approximate surface area is 193 Å². The van der Waals surface area contributed by atoms with Gasteiger partial charge in [-0.1, -0.05) is 30.3 Å². The zero-order valence-electron chi connectivity index (χ0n) is 18.5. The summed E-state index contributed by atoms with van der Waals surface area (Å²) >= 11 is 0. The largest absolute Gasteiger partial charge is 0.370 e. The van der Waals surface area contributed by atoms with Crippen molar-refractivity contribution in [1.82, 2.24) is 15.3 Å². The van der Waals surface area contributed by atoms with Gasteiger partial charge in [0.1, 0.15) is 0 Å². The average Bonchev–Trinajstić information content (AvgIpc) is 2.80. The number of nitrogens with two attached hydrogens (primary N) is 1. The van der Waals surface area contributed by atoms with Crippen LogP contribution in [0.4, 0.5) is 5.69 Å². The van der Waals surface area contributed by atoms with E-state index in [4.69, 9.17) is 5.73 Å². The second kappa shape index (κ2) is 10.2. The third kappa shape index (κ3) is 6.11. The third-order valence-corrected chi connectivity index (χ3v) is 5.59. The van der Waals surface area contributed by atoms with Gasteiger partial charge in [-0.3, -0.25) is 19.6 Å². The van der Waals surface area contributed by atoms with Crippen LogP contribution in [-0.4, -0.2) is 34.4 Å². The summed E-state index contributed by atoms with van der Waals surface area (Å²) in [6, 6.07) is 15.8. The molecule has 7 nitrogen and oxygen atoms in total. The Hall–Kier alpha value is -3.84. The van der Waals surface area contributed by atoms with Gasteiger partial charge in [0.05, 0.1) is 24.0 Å². The second-order valence-electron chi connectivity index (χ2n) is 8.25. The first-order chi connectivity index (χ1) is 16.0. The van der Waals surface area contributed by atoms with Crippen molar-refractivity contribution >= 4 is 23.1 Å². The van der Waals surface area contributed by atoms with Gasteiger partial charge < -0.3 is 16.4 Å². The molecule has 33 heavy (non-hydrogen) atoms. The molecule has 2 aromatic heterocycles. The van der Waals surface area contributed by atoms with Crippen LogP contribution in [0.5, 0.6) is 0 Å². The second-order valence-corrected chi connectivity index (χ2v) is 8.25. The number of hydrogen-bond acceptors (Lipinski definition) is 5. The van der Waals surface area contributed by atoms with Crippen LogP contribution < -0.4 is 16.4 Å². The van der Waals surface area contributed by atoms with Crippen LogP contribution in [0.1, 0.15) is 29.8 Å². The standard InChI is InChI=1S/C26H27N5O2/c1-17-12-20(8-10-28-17)19-4-2-18(3-5-19)13-26(33)31-22-6-7-24(30-16-22)21-9-11-29-23(14-21)15-25(27)32/h2-10,12,16,23,29H,11,13-15H2,1H3,(H2,27,32)(H,31,33). The molecule has 0 saturated carbocycles. The van der Waals surface area contributed by atoms with Crippen molar-refractivity contribution in [3.63, 3.8) is 0 Å². The lowest BCUT2D eigenvalue weighted by Crippen LogP contribution is -2.36. The smallest absolute Gasteiger partial charge is 0.228 e. The van der Waals surface area contributed by atoms with Crippen LogP contribution >= 0.6 is 0 Å². The predicted molar refractivity (Wildman–Crippen MR) is 129 cm³/mol. The lowest BCUT2D eigenvalue weighted by Gasteiger charge is -2.23. The SMILES string of the molecule is Cc1cc(-c2ccc(CC(=O)Nc3ccc(C4=CCNC(CC(N)=O)C4)nc3)cc2)ccn1. The van der Waals surface area contributed by atoms with Crippen molar-refractivity contribution in [3.8, 4) is 11.1 Å². The first kappa shape index (κ1) is 22.4. The van der Waals surface area contributed by atoms with E-state index < -0.39 is 0 Å². The molecule has 3 aromatic rings. The zero-order chi connectivity index (χ0) is 23.2. The summed E-state index contributed by atoms with van der Waals surface area (Å²) < 4.78 is 0. The summed E-state index contributed by atoms with van der Waals surface area (Å²) in [5, 5.41) is 6.17. The van der Waals surface area contributed by atoms with E-state index in [1.54, 1.807) is 12.4 Å². The Morgan fingerprint density at radius 1 is 1.09 bits per heavy atom. The number of benzene rings is 1. The average molecular weight is 442 g/mol. The molecule has 0 fully saturated rings. The number of aromatic nitrogens is 2. The van der Waals surface area contributed by atoms with E-state index >= 15 is 0 Å². The summed E-state index contributed by atoms with van der Waals surface area (Å²) in [4.78, 5) is 32.4. The van der Waals surface area contributed by atoms with Gasteiger partial charge in [0.25, 0.3) is 0 Å². The molecule has 1 aliphatic rings. The van der Waals surface area contributed by atoms with E-state index in [0.29, 0.717) is 25.1 Å². The van der Waals surface area contributed by atoms with Gasteiger partial charge in [0.15, 0.2) is 0 Å². The highest BCUT2D eigenvalue weighted by atomic mass is 16.1. The lowest BCUT2D eigenvalue weighted by atomic mass is 9.96. The molecule has 0 aliphatic carbocycles. The van der Waals surface area contributed by atoms with Gasteiger partial charge in [0, 0.05) is 30.9 Å². The topological polar surface area (TPSA) is 110 Å². The number of rotatable bonds is 7. The Balaban J connectivity index is 1.33. The van der Waals surface area contributed by atoms with Gasteiger partial charge in [-0.25, -0.2) is 0 Å². The number of primary amides is 1. The minimum atomic E-state index is -0.318. The number of carbonyl (C=O) groups excluding carboxylic acids is 2. The summed E-state index contributed by atoms with van der Waals surface area (Å²) in [7, 11) is 0. The molecular weight excluding hydrogens is 414 g/mol. The molecule has 3 heterocycles. The van der Waals surface area contributed by atoms with Crippen LogP contribution in [0.2, 0.25) is 0 Å². The van der Waals surface area contributed by atoms with Gasteiger partial charge in [-0.2, -0.15) is 0 Å². The number of nitrogens with zero attached hydrogens (tertiary/aromatic N) is 2. The molecule has 2 amide bonds. The fourth-order valence-electron chi connectivity index (χ4n) is 3.95. The van der Waals surface area contributed by atoms with Crippen LogP contribution in [-0.2, 0) is 16.0 Å². The van der Waals surface area contributed by atoms with E-state index in [-0.39, 0.29) is 24.3 Å². The maximum Gasteiger partial charge on any atom is 0.228 e. The number of carbonyl (C=O) groups is 2. The normalized spacial score (nSPS) is 15.5. The maximum absolute atomic E-state index is 12.5. The van der Waals surface area contributed by atoms with Gasteiger partial charge >= 0.3 is 0 Å². The van der Waals surface area contributed by atoms with Gasteiger partial charge in [0.2, 0.25) is 11.8 Å². The molecule has 0 saturated heterocycles. The summed E-state index contributed by atoms with van der Waals surface area (Å²) in [5.41, 5.74) is 12.0. The molecule has 1 unspecified atom stereocenters. The highest BCUT2D eigenvalue weighted by Gasteiger charge is 2.18. The molecule has 0 spiro atoms. The van der Waals surface area contributed by atoms with E-state index in [9.17, 15) is 9.59 Å². The van der Waals surface area contributed by atoms with Gasteiger partial charge in [-0.15, -0.1) is 0 Å². The number of nitrogens with one attached hydrogen (secondary N) is 2. The maximum atomic E-state index is 12.5. The Morgan fingerprint density at radius 2 is 1.91 bits per heavy atom. The minimum absolute atomic E-state index is 0.0256. The summed E-state index contributed by atoms with van der Waals surface area (Å²) in [6.07, 6.45) is 6.80. The van der Waals surface area contributed by atoms with E-state index in [2.05, 4.69) is 26.7 Å². The highest BCUT2D eigenvalue weighted by Crippen LogP contribution is 2.23. The van der Waals surface area contributed by atoms with Crippen molar-refractivity contribution in [2.45, 2.75) is 32.2 Å². The van der Waals surface area contributed by atoms with Crippen molar-refractivity contribution < 1.29 is 9.59 Å². The molecule has 7 heteroatoms. The predicted octanol–water partition coefficient (Wildman–Crippen LogP) is 3.25. The Bertz CT molecular complexity index is 1170. The van der Waals surface area contributed by atoms with E-state index in [1.807, 2.05) is 55.5 Å². The summed E-state index contributed by atoms with van der Waals surface area (Å²) in [6.45, 7) is 2.64. The molecule has 1 atom stereocenters. The number of aryl methyl sites for hydroxylation is 1. The fraction of sp³-hybridized carbons (Fsp3) is 0.231. The molecule has 1 aromatic carbocycles. The molecule has 168 valence electrons. The fourth-order valence-corrected chi connectivity index (χ4v) is 3.95. The van der Waals surface area contributed by atoms with Crippen molar-refractivity contribution in [2.24, 2.45) is 5.73 Å². The summed E-state index contributed by atoms with van der Waals surface area (Å²) in [5.74, 6) is -0.415. The molecule has 0 radical (unpaired) electrons. The molecule has 1 aliphatic heterocycles. The van der Waals surface area contributed by atoms with E-state index in [1.165, 1.54) is 0 Å². The number of pyridine rings is 2. The van der Waals surface area contributed by atoms with Gasteiger partial charge in [-0.05, 0) is 59.9 Å². The number of hydrogen-bond donors (Lipinski definition) is 3. The highest BCUT2D eigenvalue weighted by molar-refractivity contribution is 5.92. The molecular formula is C26H27N5O2. The van der Waals surface area contributed by atoms with Crippen molar-refractivity contribution in [3.05, 3.63) is 84.0 Å². The molecule has 4 rings (SSSR count). The minimum Gasteiger partial charge on any atom is -0.370 e. The first-order valence-corrected chi connectivity index (χ1v) is 11.0. The van der Waals surface area contributed by atoms with Crippen LogP contribution in [0, 0.1) is 6.92 Å². The first-order valence-electron chi connectivity index (χ1n) is 11.0. The quantitative estimate of drug-likeness (QED) is 0.521. The van der Waals surface area contributed by atoms with Crippen LogP contribution in [0.3, 0.4) is 0 Å². The third-order valence-electron chi connectivity index (χ3n) is 5.59. The van der Waals surface area contributed by atoms with Crippen molar-refractivity contribution in [1.29, 1.82) is 0 Å². The van der Waals surface area contributed by atoms with E-state index in [0.717, 1.165) is 33.7 Å². The number of amides is 2. The van der Waals surface area contributed by atoms with Crippen LogP contribution in [0.15, 0.2) is 67.0 Å².